The molecule has 4 nitrogen and oxygen atoms in total. The van der Waals surface area contributed by atoms with Crippen LogP contribution < -0.4 is 10.1 Å². The summed E-state index contributed by atoms with van der Waals surface area (Å²) >= 11 is 0. The average Bonchev–Trinajstić information content (AvgIpc) is 2.56. The number of nitrogens with zero attached hydrogens (tertiary/aromatic N) is 1. The van der Waals surface area contributed by atoms with E-state index in [1.54, 1.807) is 0 Å². The number of likely N-dealkylation sites (N-methyl/N-ethyl adjacent to an activating group) is 1. The average molecular weight is 328 g/mol. The molecule has 1 unspecified atom stereocenters. The molecule has 2 aromatic rings. The normalized spacial score (nSPS) is 12.2. The maximum absolute atomic E-state index is 9.31. The van der Waals surface area contributed by atoms with Gasteiger partial charge in [-0.05, 0) is 56.8 Å². The summed E-state index contributed by atoms with van der Waals surface area (Å²) in [5.41, 5.74) is 4.23. The zero-order chi connectivity index (χ0) is 17.5. The molecule has 0 aliphatic carbocycles. The molecule has 130 valence electrons. The first-order valence-corrected chi connectivity index (χ1v) is 8.34. The zero-order valence-electron chi connectivity index (χ0n) is 15.0. The van der Waals surface area contributed by atoms with E-state index in [-0.39, 0.29) is 12.6 Å². The molecule has 24 heavy (non-hydrogen) atoms. The molecular formula is C20H28N2O2. The van der Waals surface area contributed by atoms with Gasteiger partial charge in [0, 0.05) is 12.6 Å². The second-order valence-electron chi connectivity index (χ2n) is 6.42. The first-order chi connectivity index (χ1) is 11.5. The number of aliphatic hydroxyl groups excluding tert-OH is 1. The van der Waals surface area contributed by atoms with E-state index < -0.39 is 0 Å². The Kier molecular flexibility index (Phi) is 6.64. The minimum absolute atomic E-state index is 0.0595. The molecule has 0 aliphatic rings. The Bertz CT molecular complexity index is 656. The standard InChI is InChI=1S/C20H28N2O2/c1-15-8-9-19(20(12-15)24-11-10-22(3)4)21-16(2)18-7-5-6-17(13-18)14-23/h5-9,12-13,16,21,23H,10-11,14H2,1-4H3. The van der Waals surface area contributed by atoms with Crippen LogP contribution in [-0.4, -0.2) is 37.3 Å². The predicted octanol–water partition coefficient (Wildman–Crippen LogP) is 3.60. The van der Waals surface area contributed by atoms with Crippen molar-refractivity contribution in [3.05, 3.63) is 59.2 Å². The Morgan fingerprint density at radius 2 is 1.96 bits per heavy atom. The molecule has 1 atom stereocenters. The highest BCUT2D eigenvalue weighted by Gasteiger charge is 2.10. The Balaban J connectivity index is 2.12. The second kappa shape index (κ2) is 8.71. The van der Waals surface area contributed by atoms with Crippen LogP contribution in [0.3, 0.4) is 0 Å². The van der Waals surface area contributed by atoms with E-state index in [0.717, 1.165) is 29.1 Å². The summed E-state index contributed by atoms with van der Waals surface area (Å²) in [6, 6.07) is 14.3. The van der Waals surface area contributed by atoms with E-state index in [0.29, 0.717) is 6.61 Å². The summed E-state index contributed by atoms with van der Waals surface area (Å²) in [6.45, 7) is 5.77. The van der Waals surface area contributed by atoms with Gasteiger partial charge in [0.25, 0.3) is 0 Å². The number of aliphatic hydroxyl groups is 1. The lowest BCUT2D eigenvalue weighted by Crippen LogP contribution is -2.20. The molecule has 0 radical (unpaired) electrons. The molecule has 0 spiro atoms. The summed E-state index contributed by atoms with van der Waals surface area (Å²) in [4.78, 5) is 2.10. The number of hydrogen-bond donors (Lipinski definition) is 2. The topological polar surface area (TPSA) is 44.7 Å². The van der Waals surface area contributed by atoms with E-state index in [4.69, 9.17) is 4.74 Å². The molecule has 0 amide bonds. The molecule has 0 saturated carbocycles. The van der Waals surface area contributed by atoms with Crippen LogP contribution in [0.2, 0.25) is 0 Å². The van der Waals surface area contributed by atoms with Crippen LogP contribution in [0.15, 0.2) is 42.5 Å². The van der Waals surface area contributed by atoms with Gasteiger partial charge in [0.1, 0.15) is 12.4 Å². The van der Waals surface area contributed by atoms with Gasteiger partial charge >= 0.3 is 0 Å². The molecule has 2 N–H and O–H groups in total. The van der Waals surface area contributed by atoms with Crippen molar-refractivity contribution < 1.29 is 9.84 Å². The van der Waals surface area contributed by atoms with Gasteiger partial charge in [-0.25, -0.2) is 0 Å². The Labute approximate surface area is 145 Å². The maximum Gasteiger partial charge on any atom is 0.142 e. The largest absolute Gasteiger partial charge is 0.490 e. The van der Waals surface area contributed by atoms with Gasteiger partial charge in [0.05, 0.1) is 12.3 Å². The maximum atomic E-state index is 9.31. The second-order valence-corrected chi connectivity index (χ2v) is 6.42. The fraction of sp³-hybridized carbons (Fsp3) is 0.400. The van der Waals surface area contributed by atoms with Crippen molar-refractivity contribution in [3.63, 3.8) is 0 Å². The summed E-state index contributed by atoms with van der Waals surface area (Å²) in [5.74, 6) is 0.877. The lowest BCUT2D eigenvalue weighted by Gasteiger charge is -2.20. The van der Waals surface area contributed by atoms with E-state index in [2.05, 4.69) is 48.3 Å². The Morgan fingerprint density at radius 3 is 2.67 bits per heavy atom. The minimum Gasteiger partial charge on any atom is -0.490 e. The smallest absolute Gasteiger partial charge is 0.142 e. The van der Waals surface area contributed by atoms with Gasteiger partial charge in [-0.2, -0.15) is 0 Å². The van der Waals surface area contributed by atoms with Crippen molar-refractivity contribution in [2.24, 2.45) is 0 Å². The number of ether oxygens (including phenoxy) is 1. The molecule has 0 fully saturated rings. The molecule has 0 aliphatic heterocycles. The third-order valence-corrected chi connectivity index (χ3v) is 3.94. The quantitative estimate of drug-likeness (QED) is 0.777. The molecule has 0 saturated heterocycles. The minimum atomic E-state index is 0.0595. The fourth-order valence-electron chi connectivity index (χ4n) is 2.48. The molecule has 2 aromatic carbocycles. The number of aryl methyl sites for hydroxylation is 1. The first kappa shape index (κ1) is 18.3. The summed E-state index contributed by atoms with van der Waals surface area (Å²) in [7, 11) is 4.07. The van der Waals surface area contributed by atoms with Gasteiger partial charge in [-0.1, -0.05) is 30.3 Å². The van der Waals surface area contributed by atoms with Crippen LogP contribution in [0.4, 0.5) is 5.69 Å². The third kappa shape index (κ3) is 5.25. The SMILES string of the molecule is Cc1ccc(NC(C)c2cccc(CO)c2)c(OCCN(C)C)c1. The van der Waals surface area contributed by atoms with Crippen LogP contribution in [-0.2, 0) is 6.61 Å². The Hall–Kier alpha value is -2.04. The van der Waals surface area contributed by atoms with Gasteiger partial charge in [0.15, 0.2) is 0 Å². The van der Waals surface area contributed by atoms with Gasteiger partial charge in [-0.15, -0.1) is 0 Å². The van der Waals surface area contributed by atoms with E-state index in [1.807, 2.05) is 32.3 Å². The van der Waals surface area contributed by atoms with Crippen molar-refractivity contribution in [2.45, 2.75) is 26.5 Å². The molecule has 0 heterocycles. The third-order valence-electron chi connectivity index (χ3n) is 3.94. The monoisotopic (exact) mass is 328 g/mol. The van der Waals surface area contributed by atoms with Crippen molar-refractivity contribution in [1.82, 2.24) is 4.90 Å². The van der Waals surface area contributed by atoms with Crippen molar-refractivity contribution >= 4 is 5.69 Å². The van der Waals surface area contributed by atoms with Gasteiger partial charge < -0.3 is 20.1 Å². The number of benzene rings is 2. The lowest BCUT2D eigenvalue weighted by molar-refractivity contribution is 0.262. The van der Waals surface area contributed by atoms with Crippen LogP contribution in [0, 0.1) is 6.92 Å². The van der Waals surface area contributed by atoms with E-state index >= 15 is 0 Å². The molecule has 0 aromatic heterocycles. The van der Waals surface area contributed by atoms with Crippen LogP contribution in [0.25, 0.3) is 0 Å². The molecule has 2 rings (SSSR count). The highest BCUT2D eigenvalue weighted by molar-refractivity contribution is 5.58. The van der Waals surface area contributed by atoms with E-state index in [1.165, 1.54) is 5.56 Å². The Morgan fingerprint density at radius 1 is 1.17 bits per heavy atom. The van der Waals surface area contributed by atoms with E-state index in [9.17, 15) is 5.11 Å². The molecule has 4 heteroatoms. The van der Waals surface area contributed by atoms with Gasteiger partial charge in [0.2, 0.25) is 0 Å². The fourth-order valence-corrected chi connectivity index (χ4v) is 2.48. The lowest BCUT2D eigenvalue weighted by atomic mass is 10.0. The summed E-state index contributed by atoms with van der Waals surface area (Å²) in [6.07, 6.45) is 0. The van der Waals surface area contributed by atoms with Crippen molar-refractivity contribution in [2.75, 3.05) is 32.6 Å². The highest BCUT2D eigenvalue weighted by Crippen LogP contribution is 2.29. The van der Waals surface area contributed by atoms with Crippen molar-refractivity contribution in [1.29, 1.82) is 0 Å². The molecular weight excluding hydrogens is 300 g/mol. The zero-order valence-corrected chi connectivity index (χ0v) is 15.0. The van der Waals surface area contributed by atoms with Crippen LogP contribution >= 0.6 is 0 Å². The number of hydrogen-bond acceptors (Lipinski definition) is 4. The number of rotatable bonds is 8. The summed E-state index contributed by atoms with van der Waals surface area (Å²) in [5, 5.41) is 12.8. The molecule has 0 bridgehead atoms. The van der Waals surface area contributed by atoms with Crippen LogP contribution in [0.5, 0.6) is 5.75 Å². The highest BCUT2D eigenvalue weighted by atomic mass is 16.5. The number of anilines is 1. The summed E-state index contributed by atoms with van der Waals surface area (Å²) < 4.78 is 5.97. The van der Waals surface area contributed by atoms with Gasteiger partial charge in [-0.3, -0.25) is 0 Å². The predicted molar refractivity (Wildman–Crippen MR) is 99.6 cm³/mol. The first-order valence-electron chi connectivity index (χ1n) is 8.34. The van der Waals surface area contributed by atoms with Crippen molar-refractivity contribution in [3.8, 4) is 5.75 Å². The number of nitrogens with one attached hydrogen (secondary N) is 1. The van der Waals surface area contributed by atoms with Crippen LogP contribution in [0.1, 0.15) is 29.7 Å².